The van der Waals surface area contributed by atoms with Gasteiger partial charge in [-0.2, -0.15) is 0 Å². The summed E-state index contributed by atoms with van der Waals surface area (Å²) in [6, 6.07) is 28.2. The Bertz CT molecular complexity index is 1400. The second-order valence-corrected chi connectivity index (χ2v) is 12.4. The Labute approximate surface area is 250 Å². The summed E-state index contributed by atoms with van der Waals surface area (Å²) in [5, 5.41) is 23.5. The van der Waals surface area contributed by atoms with Gasteiger partial charge in [-0.25, -0.2) is 0 Å². The van der Waals surface area contributed by atoms with Gasteiger partial charge in [0.25, 0.3) is 0 Å². The monoisotopic (exact) mass is 558 g/mol. The summed E-state index contributed by atoms with van der Waals surface area (Å²) in [6.45, 7) is 0. The summed E-state index contributed by atoms with van der Waals surface area (Å²) in [7, 11) is 0. The van der Waals surface area contributed by atoms with Crippen LogP contribution in [-0.2, 0) is 12.8 Å². The maximum Gasteiger partial charge on any atom is 0.193 e. The molecule has 0 amide bonds. The van der Waals surface area contributed by atoms with Crippen molar-refractivity contribution in [1.29, 1.82) is 0 Å². The Balaban J connectivity index is 1.44. The zero-order valence-corrected chi connectivity index (χ0v) is 24.5. The van der Waals surface area contributed by atoms with E-state index in [0.717, 1.165) is 84.7 Å². The fourth-order valence-electron chi connectivity index (χ4n) is 7.37. The van der Waals surface area contributed by atoms with E-state index >= 15 is 0 Å². The molecule has 0 heterocycles. The average molecular weight is 559 g/mol. The topological polar surface area (TPSA) is 57.5 Å². The van der Waals surface area contributed by atoms with Crippen molar-refractivity contribution < 1.29 is 15.0 Å². The van der Waals surface area contributed by atoms with Crippen molar-refractivity contribution in [2.24, 2.45) is 0 Å². The third kappa shape index (κ3) is 6.02. The maximum absolute atomic E-state index is 14.6. The van der Waals surface area contributed by atoms with E-state index in [9.17, 15) is 15.0 Å². The molecule has 6 rings (SSSR count). The standard InChI is InChI=1S/C39H42O3/c40-37-31(25-27-13-5-1-6-14-27)21-23-33(35(37)29-17-9-3-10-18-29)39(42)34-24-22-32(26-28-15-7-2-8-16-28)38(41)36(34)30-19-11-4-12-20-30/h1-2,5-8,13-16,21-24,29-30,40-41H,3-4,9-12,17-20,25-26H2. The highest BCUT2D eigenvalue weighted by Crippen LogP contribution is 2.45. The molecule has 0 saturated heterocycles. The van der Waals surface area contributed by atoms with E-state index in [1.165, 1.54) is 12.8 Å². The molecule has 0 atom stereocenters. The zero-order chi connectivity index (χ0) is 28.9. The molecule has 2 aliphatic rings. The molecule has 0 radical (unpaired) electrons. The molecule has 2 saturated carbocycles. The highest BCUT2D eigenvalue weighted by atomic mass is 16.3. The number of ketones is 1. The molecule has 216 valence electrons. The number of hydrogen-bond acceptors (Lipinski definition) is 3. The number of phenolic OH excluding ortho intramolecular Hbond substituents is 2. The van der Waals surface area contributed by atoms with Crippen LogP contribution in [0.5, 0.6) is 11.5 Å². The number of phenols is 2. The predicted molar refractivity (Wildman–Crippen MR) is 170 cm³/mol. The van der Waals surface area contributed by atoms with Gasteiger partial charge >= 0.3 is 0 Å². The van der Waals surface area contributed by atoms with Gasteiger partial charge in [-0.1, -0.05) is 123 Å². The summed E-state index contributed by atoms with van der Waals surface area (Å²) in [5.74, 6) is 0.816. The van der Waals surface area contributed by atoms with Crippen molar-refractivity contribution in [2.75, 3.05) is 0 Å². The Kier molecular flexibility index (Phi) is 8.74. The van der Waals surface area contributed by atoms with E-state index in [4.69, 9.17) is 0 Å². The Morgan fingerprint density at radius 3 is 1.29 bits per heavy atom. The molecule has 0 bridgehead atoms. The van der Waals surface area contributed by atoms with Gasteiger partial charge in [0, 0.05) is 35.1 Å². The minimum Gasteiger partial charge on any atom is -0.507 e. The molecule has 4 aromatic rings. The van der Waals surface area contributed by atoms with Crippen LogP contribution in [0, 0.1) is 0 Å². The largest absolute Gasteiger partial charge is 0.507 e. The number of carbonyl (C=O) groups is 1. The number of carbonyl (C=O) groups excluding carboxylic acids is 1. The summed E-state index contributed by atoms with van der Waals surface area (Å²) in [4.78, 5) is 14.6. The lowest BCUT2D eigenvalue weighted by atomic mass is 9.76. The van der Waals surface area contributed by atoms with Gasteiger partial charge < -0.3 is 10.2 Å². The van der Waals surface area contributed by atoms with Gasteiger partial charge in [-0.15, -0.1) is 0 Å². The maximum atomic E-state index is 14.6. The predicted octanol–water partition coefficient (Wildman–Crippen LogP) is 9.61. The van der Waals surface area contributed by atoms with Crippen molar-refractivity contribution in [1.82, 2.24) is 0 Å². The van der Waals surface area contributed by atoms with Crippen molar-refractivity contribution in [3.05, 3.63) is 129 Å². The lowest BCUT2D eigenvalue weighted by Crippen LogP contribution is -2.16. The first-order chi connectivity index (χ1) is 20.6. The van der Waals surface area contributed by atoms with Gasteiger partial charge in [0.05, 0.1) is 0 Å². The van der Waals surface area contributed by atoms with Crippen LogP contribution in [0.3, 0.4) is 0 Å². The van der Waals surface area contributed by atoms with E-state index in [0.29, 0.717) is 24.0 Å². The summed E-state index contributed by atoms with van der Waals surface area (Å²) in [5.41, 5.74) is 6.84. The SMILES string of the molecule is O=C(c1ccc(Cc2ccccc2)c(O)c1C1CCCCC1)c1ccc(Cc2ccccc2)c(O)c1C1CCCCC1. The van der Waals surface area contributed by atoms with Crippen LogP contribution >= 0.6 is 0 Å². The van der Waals surface area contributed by atoms with E-state index in [-0.39, 0.29) is 29.1 Å². The number of aromatic hydroxyl groups is 2. The Morgan fingerprint density at radius 1 is 0.524 bits per heavy atom. The zero-order valence-electron chi connectivity index (χ0n) is 24.5. The molecule has 0 spiro atoms. The Morgan fingerprint density at radius 2 is 0.905 bits per heavy atom. The summed E-state index contributed by atoms with van der Waals surface area (Å²) >= 11 is 0. The summed E-state index contributed by atoms with van der Waals surface area (Å²) in [6.07, 6.45) is 12.1. The van der Waals surface area contributed by atoms with Gasteiger partial charge in [0.15, 0.2) is 5.78 Å². The lowest BCUT2D eigenvalue weighted by Gasteiger charge is -2.28. The normalized spacial score (nSPS) is 16.4. The smallest absolute Gasteiger partial charge is 0.193 e. The lowest BCUT2D eigenvalue weighted by molar-refractivity contribution is 0.103. The van der Waals surface area contributed by atoms with Crippen LogP contribution in [-0.4, -0.2) is 16.0 Å². The molecule has 2 N–H and O–H groups in total. The summed E-state index contributed by atoms with van der Waals surface area (Å²) < 4.78 is 0. The van der Waals surface area contributed by atoms with E-state index in [1.807, 2.05) is 60.7 Å². The molecule has 0 aromatic heterocycles. The molecule has 4 aromatic carbocycles. The minimum atomic E-state index is -0.0701. The van der Waals surface area contributed by atoms with E-state index in [1.54, 1.807) is 0 Å². The van der Waals surface area contributed by atoms with E-state index in [2.05, 4.69) is 24.3 Å². The molecule has 2 aliphatic carbocycles. The minimum absolute atomic E-state index is 0.0701. The third-order valence-electron chi connectivity index (χ3n) is 9.59. The average Bonchev–Trinajstić information content (AvgIpc) is 3.04. The molecule has 3 nitrogen and oxygen atoms in total. The van der Waals surface area contributed by atoms with Gasteiger partial charge in [-0.3, -0.25) is 4.79 Å². The molecule has 0 aliphatic heterocycles. The van der Waals surface area contributed by atoms with E-state index < -0.39 is 0 Å². The second-order valence-electron chi connectivity index (χ2n) is 12.4. The van der Waals surface area contributed by atoms with Crippen molar-refractivity contribution in [3.8, 4) is 11.5 Å². The quantitative estimate of drug-likeness (QED) is 0.212. The number of rotatable bonds is 8. The van der Waals surface area contributed by atoms with Crippen molar-refractivity contribution in [2.45, 2.75) is 88.9 Å². The van der Waals surface area contributed by atoms with Gasteiger partial charge in [-0.05, 0) is 59.8 Å². The van der Waals surface area contributed by atoms with Crippen LogP contribution < -0.4 is 0 Å². The first-order valence-electron chi connectivity index (χ1n) is 15.9. The first kappa shape index (κ1) is 28.3. The van der Waals surface area contributed by atoms with Gasteiger partial charge in [0.2, 0.25) is 0 Å². The van der Waals surface area contributed by atoms with Crippen LogP contribution in [0.1, 0.15) is 125 Å². The third-order valence-corrected chi connectivity index (χ3v) is 9.59. The fraction of sp³-hybridized carbons (Fsp3) is 0.359. The van der Waals surface area contributed by atoms with Crippen LogP contribution in [0.4, 0.5) is 0 Å². The van der Waals surface area contributed by atoms with Gasteiger partial charge in [0.1, 0.15) is 11.5 Å². The molecular formula is C39H42O3. The second kappa shape index (κ2) is 13.0. The number of hydrogen-bond donors (Lipinski definition) is 2. The highest BCUT2D eigenvalue weighted by molar-refractivity contribution is 6.12. The highest BCUT2D eigenvalue weighted by Gasteiger charge is 2.31. The first-order valence-corrected chi connectivity index (χ1v) is 15.9. The van der Waals surface area contributed by atoms with Crippen LogP contribution in [0.2, 0.25) is 0 Å². The number of benzene rings is 4. The van der Waals surface area contributed by atoms with Crippen LogP contribution in [0.25, 0.3) is 0 Å². The molecule has 2 fully saturated rings. The fourth-order valence-corrected chi connectivity index (χ4v) is 7.37. The molecular weight excluding hydrogens is 516 g/mol. The molecule has 3 heteroatoms. The van der Waals surface area contributed by atoms with Crippen molar-refractivity contribution in [3.63, 3.8) is 0 Å². The van der Waals surface area contributed by atoms with Crippen LogP contribution in [0.15, 0.2) is 84.9 Å². The van der Waals surface area contributed by atoms with Crippen molar-refractivity contribution >= 4 is 5.78 Å². The Hall–Kier alpha value is -3.85. The molecule has 0 unspecified atom stereocenters. The molecule has 42 heavy (non-hydrogen) atoms.